The minimum Gasteiger partial charge on any atom is -0.377 e. The van der Waals surface area contributed by atoms with Crippen LogP contribution in [0.2, 0.25) is 5.02 Å². The molecule has 2 aliphatic rings. The minimum atomic E-state index is -4.59. The second kappa shape index (κ2) is 13.4. The Balaban J connectivity index is 1.38. The molecule has 1 saturated heterocycles. The number of halogens is 4. The Kier molecular flexibility index (Phi) is 9.37. The van der Waals surface area contributed by atoms with Crippen molar-refractivity contribution in [2.75, 3.05) is 48.0 Å². The van der Waals surface area contributed by atoms with Crippen molar-refractivity contribution in [3.63, 3.8) is 0 Å². The molecule has 0 unspecified atom stereocenters. The lowest BCUT2D eigenvalue weighted by molar-refractivity contribution is -0.137. The third-order valence-corrected chi connectivity index (χ3v) is 9.14. The summed E-state index contributed by atoms with van der Waals surface area (Å²) >= 11 is 6.13. The number of amides is 1. The number of fused-ring (bicyclic) bond motifs is 1. The summed E-state index contributed by atoms with van der Waals surface area (Å²) in [6.07, 6.45) is -0.150. The SMILES string of the molecule is CCc1c(N2CCN(c3c[nH]n(C(C)C)c3=O)[C@H](C)C2)c(=O)n2nc(C3=CCOCC3)nc2n1CC(=O)Nc1ccc(C(F)(F)F)cc1Cl. The highest BCUT2D eigenvalue weighted by molar-refractivity contribution is 6.33. The first kappa shape index (κ1) is 34.3. The van der Waals surface area contributed by atoms with Crippen LogP contribution in [-0.4, -0.2) is 73.7 Å². The maximum Gasteiger partial charge on any atom is 0.416 e. The number of anilines is 3. The predicted octanol–water partition coefficient (Wildman–Crippen LogP) is 4.35. The Bertz CT molecular complexity index is 2050. The normalized spacial score (nSPS) is 17.2. The van der Waals surface area contributed by atoms with E-state index in [2.05, 4.69) is 15.5 Å². The zero-order valence-electron chi connectivity index (χ0n) is 27.5. The fourth-order valence-electron chi connectivity index (χ4n) is 6.40. The number of piperazine rings is 1. The summed E-state index contributed by atoms with van der Waals surface area (Å²) in [6.45, 7) is 9.46. The number of aromatic nitrogens is 6. The van der Waals surface area contributed by atoms with Crippen molar-refractivity contribution >= 4 is 45.9 Å². The average Bonchev–Trinajstić information content (AvgIpc) is 3.68. The smallest absolute Gasteiger partial charge is 0.377 e. The van der Waals surface area contributed by atoms with Gasteiger partial charge in [-0.3, -0.25) is 14.4 Å². The summed E-state index contributed by atoms with van der Waals surface area (Å²) in [5.41, 5.74) is 0.802. The van der Waals surface area contributed by atoms with E-state index in [-0.39, 0.29) is 40.7 Å². The van der Waals surface area contributed by atoms with Gasteiger partial charge in [0, 0.05) is 37.9 Å². The number of nitrogens with one attached hydrogen (secondary N) is 2. The molecule has 1 atom stereocenters. The Morgan fingerprint density at radius 3 is 2.59 bits per heavy atom. The Labute approximate surface area is 283 Å². The van der Waals surface area contributed by atoms with Gasteiger partial charge >= 0.3 is 6.18 Å². The van der Waals surface area contributed by atoms with E-state index < -0.39 is 23.2 Å². The number of rotatable bonds is 8. The lowest BCUT2D eigenvalue weighted by Gasteiger charge is -2.41. The zero-order valence-corrected chi connectivity index (χ0v) is 28.2. The molecule has 13 nitrogen and oxygen atoms in total. The summed E-state index contributed by atoms with van der Waals surface area (Å²) in [5.74, 6) is -0.101. The van der Waals surface area contributed by atoms with Gasteiger partial charge in [-0.2, -0.15) is 22.7 Å². The number of hydrogen-bond donors (Lipinski definition) is 2. The highest BCUT2D eigenvalue weighted by Crippen LogP contribution is 2.34. The van der Waals surface area contributed by atoms with Crippen LogP contribution in [0.5, 0.6) is 0 Å². The molecule has 1 fully saturated rings. The highest BCUT2D eigenvalue weighted by Gasteiger charge is 2.33. The molecule has 262 valence electrons. The first-order valence-electron chi connectivity index (χ1n) is 16.1. The number of H-pyrrole nitrogens is 1. The van der Waals surface area contributed by atoms with Crippen LogP contribution in [0.25, 0.3) is 11.4 Å². The van der Waals surface area contributed by atoms with Gasteiger partial charge in [-0.1, -0.05) is 24.6 Å². The highest BCUT2D eigenvalue weighted by atomic mass is 35.5. The lowest BCUT2D eigenvalue weighted by Crippen LogP contribution is -2.55. The quantitative estimate of drug-likeness (QED) is 0.277. The molecule has 0 spiro atoms. The van der Waals surface area contributed by atoms with Crippen molar-refractivity contribution < 1.29 is 22.7 Å². The molecule has 4 aromatic rings. The van der Waals surface area contributed by atoms with E-state index in [1.54, 1.807) is 15.4 Å². The number of benzene rings is 1. The Morgan fingerprint density at radius 1 is 1.20 bits per heavy atom. The molecule has 5 heterocycles. The van der Waals surface area contributed by atoms with Crippen molar-refractivity contribution in [2.24, 2.45) is 0 Å². The second-order valence-corrected chi connectivity index (χ2v) is 12.8. The molecule has 0 saturated carbocycles. The molecule has 0 bridgehead atoms. The summed E-state index contributed by atoms with van der Waals surface area (Å²) in [7, 11) is 0. The van der Waals surface area contributed by atoms with Crippen LogP contribution in [0.4, 0.5) is 30.2 Å². The topological polar surface area (TPSA) is 135 Å². The number of carbonyl (C=O) groups excluding carboxylic acids is 1. The number of carbonyl (C=O) groups is 1. The molecule has 2 N–H and O–H groups in total. The molecule has 0 aliphatic carbocycles. The molecule has 49 heavy (non-hydrogen) atoms. The standard InChI is InChI=1S/C32H37ClF3N9O4/c1-5-24-27(41-10-11-42(19(4)16-41)25-15-37-44(18(2)3)29(25)47)30(48)45-31(39-28(40-45)20-8-12-49-13-9-20)43(24)17-26(46)38-23-7-6-21(14-22(23)33)32(34,35)36/h6-8,14-15,18-19,37H,5,9-13,16-17H2,1-4H3,(H,38,46)/t19-/m1/s1. The Morgan fingerprint density at radius 2 is 1.98 bits per heavy atom. The number of hydrogen-bond acceptors (Lipinski definition) is 8. The van der Waals surface area contributed by atoms with Crippen LogP contribution >= 0.6 is 11.6 Å². The fourth-order valence-corrected chi connectivity index (χ4v) is 6.63. The summed E-state index contributed by atoms with van der Waals surface area (Å²) in [6, 6.07) is 2.50. The molecular formula is C32H37ClF3N9O4. The molecule has 1 aromatic carbocycles. The van der Waals surface area contributed by atoms with Crippen molar-refractivity contribution in [3.8, 4) is 0 Å². The maximum atomic E-state index is 14.3. The van der Waals surface area contributed by atoms with Crippen LogP contribution in [0.1, 0.15) is 57.2 Å². The fraction of sp³-hybridized carbons (Fsp3) is 0.469. The molecule has 1 amide bonds. The number of alkyl halides is 3. The van der Waals surface area contributed by atoms with Crippen LogP contribution in [0.15, 0.2) is 40.1 Å². The monoisotopic (exact) mass is 703 g/mol. The first-order chi connectivity index (χ1) is 23.3. The van der Waals surface area contributed by atoms with E-state index in [9.17, 15) is 27.6 Å². The van der Waals surface area contributed by atoms with E-state index in [0.29, 0.717) is 68.6 Å². The van der Waals surface area contributed by atoms with Crippen LogP contribution in [0.3, 0.4) is 0 Å². The lowest BCUT2D eigenvalue weighted by atomic mass is 10.1. The van der Waals surface area contributed by atoms with Gasteiger partial charge in [-0.25, -0.2) is 4.68 Å². The van der Waals surface area contributed by atoms with Gasteiger partial charge in [-0.05, 0) is 57.4 Å². The predicted molar refractivity (Wildman–Crippen MR) is 180 cm³/mol. The van der Waals surface area contributed by atoms with Crippen molar-refractivity contribution in [2.45, 2.75) is 65.3 Å². The van der Waals surface area contributed by atoms with Crippen LogP contribution in [0, 0.1) is 0 Å². The van der Waals surface area contributed by atoms with Gasteiger partial charge in [-0.15, -0.1) is 5.10 Å². The van der Waals surface area contributed by atoms with Gasteiger partial charge in [0.25, 0.3) is 11.1 Å². The second-order valence-electron chi connectivity index (χ2n) is 12.4. The van der Waals surface area contributed by atoms with E-state index in [0.717, 1.165) is 23.8 Å². The van der Waals surface area contributed by atoms with E-state index in [1.807, 2.05) is 43.6 Å². The van der Waals surface area contributed by atoms with E-state index in [1.165, 1.54) is 4.52 Å². The molecular weight excluding hydrogens is 667 g/mol. The van der Waals surface area contributed by atoms with Gasteiger partial charge in [0.2, 0.25) is 11.7 Å². The molecule has 2 aliphatic heterocycles. The zero-order chi connectivity index (χ0) is 35.2. The van der Waals surface area contributed by atoms with E-state index >= 15 is 0 Å². The van der Waals surface area contributed by atoms with Crippen molar-refractivity contribution in [3.05, 3.63) is 73.3 Å². The third kappa shape index (κ3) is 6.58. The van der Waals surface area contributed by atoms with Crippen molar-refractivity contribution in [1.29, 1.82) is 0 Å². The van der Waals surface area contributed by atoms with Crippen LogP contribution in [-0.2, 0) is 28.7 Å². The number of aromatic amines is 1. The Hall–Kier alpha value is -4.57. The maximum absolute atomic E-state index is 14.3. The van der Waals surface area contributed by atoms with Gasteiger partial charge in [0.1, 0.15) is 17.9 Å². The largest absolute Gasteiger partial charge is 0.416 e. The van der Waals surface area contributed by atoms with Crippen LogP contribution < -0.4 is 26.2 Å². The summed E-state index contributed by atoms with van der Waals surface area (Å²) in [5, 5.41) is 9.95. The molecule has 3 aromatic heterocycles. The van der Waals surface area contributed by atoms with Gasteiger partial charge in [0.05, 0.1) is 35.2 Å². The number of nitrogens with zero attached hydrogens (tertiary/aromatic N) is 7. The first-order valence-corrected chi connectivity index (χ1v) is 16.4. The number of ether oxygens (including phenoxy) is 1. The molecule has 6 rings (SSSR count). The molecule has 0 radical (unpaired) electrons. The summed E-state index contributed by atoms with van der Waals surface area (Å²) in [4.78, 5) is 49.5. The van der Waals surface area contributed by atoms with E-state index in [4.69, 9.17) is 21.3 Å². The molecule has 17 heteroatoms. The summed E-state index contributed by atoms with van der Waals surface area (Å²) < 4.78 is 49.4. The van der Waals surface area contributed by atoms with Gasteiger partial charge < -0.3 is 29.5 Å². The third-order valence-electron chi connectivity index (χ3n) is 8.83. The average molecular weight is 704 g/mol. The minimum absolute atomic E-state index is 0.00996. The van der Waals surface area contributed by atoms with Gasteiger partial charge in [0.15, 0.2) is 5.82 Å². The van der Waals surface area contributed by atoms with Crippen molar-refractivity contribution in [1.82, 2.24) is 28.9 Å².